The molecular formula is C22H18F2N4O. The Balaban J connectivity index is 2.00. The lowest BCUT2D eigenvalue weighted by Crippen LogP contribution is -2.02. The smallest absolute Gasteiger partial charge is 0.180 e. The van der Waals surface area contributed by atoms with Crippen LogP contribution in [0.25, 0.3) is 33.5 Å². The van der Waals surface area contributed by atoms with Gasteiger partial charge in [-0.1, -0.05) is 6.07 Å². The minimum atomic E-state index is -0.523. The highest BCUT2D eigenvalue weighted by Crippen LogP contribution is 2.36. The van der Waals surface area contributed by atoms with Crippen LogP contribution >= 0.6 is 0 Å². The van der Waals surface area contributed by atoms with Crippen LogP contribution in [0.15, 0.2) is 54.7 Å². The molecule has 1 N–H and O–H groups in total. The zero-order chi connectivity index (χ0) is 20.4. The second kappa shape index (κ2) is 7.79. The predicted molar refractivity (Wildman–Crippen MR) is 109 cm³/mol. The van der Waals surface area contributed by atoms with Crippen LogP contribution < -0.4 is 10.1 Å². The van der Waals surface area contributed by atoms with E-state index in [2.05, 4.69) is 20.3 Å². The van der Waals surface area contributed by atoms with Crippen molar-refractivity contribution in [2.24, 2.45) is 0 Å². The number of nitrogens with zero attached hydrogens (tertiary/aromatic N) is 3. The number of rotatable bonds is 5. The third-order valence-electron chi connectivity index (χ3n) is 4.44. The number of benzene rings is 2. The second-order valence-electron chi connectivity index (χ2n) is 6.29. The van der Waals surface area contributed by atoms with E-state index in [1.165, 1.54) is 0 Å². The van der Waals surface area contributed by atoms with E-state index in [4.69, 9.17) is 4.74 Å². The summed E-state index contributed by atoms with van der Waals surface area (Å²) in [4.78, 5) is 13.5. The zero-order valence-corrected chi connectivity index (χ0v) is 15.9. The fourth-order valence-corrected chi connectivity index (χ4v) is 3.14. The Morgan fingerprint density at radius 1 is 1.03 bits per heavy atom. The first-order chi connectivity index (χ1) is 14.1. The van der Waals surface area contributed by atoms with Crippen molar-refractivity contribution in [3.8, 4) is 28.4 Å². The van der Waals surface area contributed by atoms with Gasteiger partial charge in [0.1, 0.15) is 34.4 Å². The van der Waals surface area contributed by atoms with Crippen molar-refractivity contribution >= 4 is 16.7 Å². The van der Waals surface area contributed by atoms with E-state index >= 15 is 0 Å². The van der Waals surface area contributed by atoms with Crippen molar-refractivity contribution in [2.75, 3.05) is 19.0 Å². The van der Waals surface area contributed by atoms with Crippen molar-refractivity contribution in [3.63, 3.8) is 0 Å². The van der Waals surface area contributed by atoms with E-state index in [0.717, 1.165) is 18.2 Å². The number of anilines is 1. The number of ether oxygens (including phenoxy) is 1. The van der Waals surface area contributed by atoms with Gasteiger partial charge in [-0.15, -0.1) is 0 Å². The maximum absolute atomic E-state index is 14.4. The van der Waals surface area contributed by atoms with Gasteiger partial charge in [0.2, 0.25) is 0 Å². The van der Waals surface area contributed by atoms with Crippen LogP contribution in [0.5, 0.6) is 5.75 Å². The third-order valence-corrected chi connectivity index (χ3v) is 4.44. The maximum Gasteiger partial charge on any atom is 0.180 e. The molecule has 4 rings (SSSR count). The molecule has 0 saturated carbocycles. The van der Waals surface area contributed by atoms with Crippen molar-refractivity contribution in [3.05, 3.63) is 66.4 Å². The molecule has 2 aromatic heterocycles. The summed E-state index contributed by atoms with van der Waals surface area (Å²) in [6.45, 7) is 2.24. The van der Waals surface area contributed by atoms with Crippen molar-refractivity contribution in [2.45, 2.75) is 6.92 Å². The minimum absolute atomic E-state index is 0.142. The van der Waals surface area contributed by atoms with E-state index < -0.39 is 11.6 Å². The summed E-state index contributed by atoms with van der Waals surface area (Å²) in [5, 5.41) is 3.69. The van der Waals surface area contributed by atoms with Crippen LogP contribution in [0, 0.1) is 11.6 Å². The predicted octanol–water partition coefficient (Wildman–Crippen LogP) is 5.08. The Bertz CT molecular complexity index is 1180. The first-order valence-electron chi connectivity index (χ1n) is 9.14. The Kier molecular flexibility index (Phi) is 5.03. The van der Waals surface area contributed by atoms with Crippen LogP contribution in [0.2, 0.25) is 0 Å². The van der Waals surface area contributed by atoms with Gasteiger partial charge in [-0.2, -0.15) is 0 Å². The molecule has 2 heterocycles. The van der Waals surface area contributed by atoms with E-state index in [9.17, 15) is 8.78 Å². The zero-order valence-electron chi connectivity index (χ0n) is 15.9. The van der Waals surface area contributed by atoms with Gasteiger partial charge in [-0.3, -0.25) is 4.98 Å². The van der Waals surface area contributed by atoms with Gasteiger partial charge < -0.3 is 10.1 Å². The Labute approximate surface area is 166 Å². The molecule has 0 radical (unpaired) electrons. The summed E-state index contributed by atoms with van der Waals surface area (Å²) in [6.07, 6.45) is 1.67. The quantitative estimate of drug-likeness (QED) is 0.513. The number of nitrogens with one attached hydrogen (secondary N) is 1. The number of halogens is 2. The highest BCUT2D eigenvalue weighted by Gasteiger charge is 2.17. The van der Waals surface area contributed by atoms with Crippen molar-refractivity contribution < 1.29 is 13.5 Å². The molecule has 0 amide bonds. The standard InChI is InChI=1S/C22H18F2N4O/c1-3-29-19-11-13(15-12-14(23)7-8-17(15)24)10-16-20(19)27-22(28-21(16)25-2)18-6-4-5-9-26-18/h4-12H,3H2,1-2H3,(H,25,27,28). The molecule has 0 fully saturated rings. The minimum Gasteiger partial charge on any atom is -0.492 e. The average molecular weight is 392 g/mol. The summed E-state index contributed by atoms with van der Waals surface area (Å²) in [5.74, 6) is 0.392. The van der Waals surface area contributed by atoms with Crippen LogP contribution in [0.4, 0.5) is 14.6 Å². The molecule has 0 atom stereocenters. The molecule has 0 saturated heterocycles. The molecule has 4 aromatic rings. The van der Waals surface area contributed by atoms with Crippen LogP contribution in [0.3, 0.4) is 0 Å². The topological polar surface area (TPSA) is 59.9 Å². The molecule has 2 aromatic carbocycles. The molecule has 0 aliphatic carbocycles. The fraction of sp³-hybridized carbons (Fsp3) is 0.136. The van der Waals surface area contributed by atoms with E-state index in [0.29, 0.717) is 46.2 Å². The largest absolute Gasteiger partial charge is 0.492 e. The van der Waals surface area contributed by atoms with Crippen molar-refractivity contribution in [1.82, 2.24) is 15.0 Å². The van der Waals surface area contributed by atoms with Gasteiger partial charge in [-0.05, 0) is 55.0 Å². The summed E-state index contributed by atoms with van der Waals surface area (Å²) in [5.41, 5.74) is 1.80. The molecule has 0 spiro atoms. The summed E-state index contributed by atoms with van der Waals surface area (Å²) in [7, 11) is 1.74. The Morgan fingerprint density at radius 3 is 2.62 bits per heavy atom. The number of hydrogen-bond donors (Lipinski definition) is 1. The van der Waals surface area contributed by atoms with E-state index in [-0.39, 0.29) is 5.56 Å². The average Bonchev–Trinajstić information content (AvgIpc) is 2.75. The molecule has 0 unspecified atom stereocenters. The van der Waals surface area contributed by atoms with Gasteiger partial charge in [0.05, 0.1) is 6.61 Å². The first kappa shape index (κ1) is 18.7. The molecule has 29 heavy (non-hydrogen) atoms. The number of pyridine rings is 1. The lowest BCUT2D eigenvalue weighted by atomic mass is 10.0. The second-order valence-corrected chi connectivity index (χ2v) is 6.29. The summed E-state index contributed by atoms with van der Waals surface area (Å²) >= 11 is 0. The van der Waals surface area contributed by atoms with E-state index in [1.807, 2.05) is 25.1 Å². The van der Waals surface area contributed by atoms with Gasteiger partial charge >= 0.3 is 0 Å². The lowest BCUT2D eigenvalue weighted by molar-refractivity contribution is 0.344. The molecule has 0 aliphatic heterocycles. The maximum atomic E-state index is 14.4. The monoisotopic (exact) mass is 392 g/mol. The van der Waals surface area contributed by atoms with Crippen molar-refractivity contribution in [1.29, 1.82) is 0 Å². The Hall–Kier alpha value is -3.61. The molecule has 0 bridgehead atoms. The summed E-state index contributed by atoms with van der Waals surface area (Å²) < 4.78 is 33.9. The van der Waals surface area contributed by atoms with E-state index in [1.54, 1.807) is 25.4 Å². The van der Waals surface area contributed by atoms with Crippen LogP contribution in [-0.4, -0.2) is 28.6 Å². The molecule has 146 valence electrons. The SMILES string of the molecule is CCOc1cc(-c2cc(F)ccc2F)cc2c(NC)nc(-c3ccccn3)nc12. The van der Waals surface area contributed by atoms with Crippen LogP contribution in [0.1, 0.15) is 6.92 Å². The molecule has 0 aliphatic rings. The number of fused-ring (bicyclic) bond motifs is 1. The normalized spacial score (nSPS) is 10.9. The van der Waals surface area contributed by atoms with Gasteiger partial charge in [-0.25, -0.2) is 18.7 Å². The van der Waals surface area contributed by atoms with Crippen LogP contribution in [-0.2, 0) is 0 Å². The first-order valence-corrected chi connectivity index (χ1v) is 9.14. The van der Waals surface area contributed by atoms with Gasteiger partial charge in [0.15, 0.2) is 5.82 Å². The fourth-order valence-electron chi connectivity index (χ4n) is 3.14. The molecule has 7 heteroatoms. The number of hydrogen-bond acceptors (Lipinski definition) is 5. The third kappa shape index (κ3) is 3.59. The molecular weight excluding hydrogens is 374 g/mol. The summed E-state index contributed by atoms with van der Waals surface area (Å²) in [6, 6.07) is 12.2. The highest BCUT2D eigenvalue weighted by molar-refractivity contribution is 5.97. The lowest BCUT2D eigenvalue weighted by Gasteiger charge is -2.14. The van der Waals surface area contributed by atoms with Gasteiger partial charge in [0.25, 0.3) is 0 Å². The Morgan fingerprint density at radius 2 is 1.90 bits per heavy atom. The highest BCUT2D eigenvalue weighted by atomic mass is 19.1. The van der Waals surface area contributed by atoms with Gasteiger partial charge in [0, 0.05) is 24.2 Å². The number of aromatic nitrogens is 3. The molecule has 5 nitrogen and oxygen atoms in total.